The van der Waals surface area contributed by atoms with Gasteiger partial charge in [-0.15, -0.1) is 0 Å². The lowest BCUT2D eigenvalue weighted by atomic mass is 10.3. The summed E-state index contributed by atoms with van der Waals surface area (Å²) in [7, 11) is 1.77. The van der Waals surface area contributed by atoms with Gasteiger partial charge in [-0.25, -0.2) is 0 Å². The van der Waals surface area contributed by atoms with Crippen LogP contribution in [0.1, 0.15) is 19.8 Å². The van der Waals surface area contributed by atoms with Gasteiger partial charge in [0.15, 0.2) is 5.96 Å². The summed E-state index contributed by atoms with van der Waals surface area (Å²) in [5.41, 5.74) is 0. The summed E-state index contributed by atoms with van der Waals surface area (Å²) in [4.78, 5) is 4.16. The minimum absolute atomic E-state index is 0.697. The molecule has 0 saturated heterocycles. The number of para-hydroxylation sites is 1. The van der Waals surface area contributed by atoms with Gasteiger partial charge in [0.05, 0.1) is 13.2 Å². The highest BCUT2D eigenvalue weighted by Gasteiger charge is 1.97. The van der Waals surface area contributed by atoms with E-state index < -0.39 is 0 Å². The fraction of sp³-hybridized carbons (Fsp3) is 0.562. The number of guanidine groups is 1. The molecule has 1 aromatic rings. The molecule has 2 N–H and O–H groups in total. The lowest BCUT2D eigenvalue weighted by molar-refractivity contribution is 0.152. The molecule has 5 heteroatoms. The maximum atomic E-state index is 5.64. The van der Waals surface area contributed by atoms with Crippen molar-refractivity contribution in [2.24, 2.45) is 4.99 Å². The SMILES string of the molecule is CCOCCNC(=NC)NCCCCOc1ccccc1. The molecule has 0 aromatic heterocycles. The van der Waals surface area contributed by atoms with E-state index >= 15 is 0 Å². The standard InChI is InChI=1S/C16H27N3O2/c1-3-20-14-12-19-16(17-2)18-11-7-8-13-21-15-9-5-4-6-10-15/h4-6,9-10H,3,7-8,11-14H2,1-2H3,(H2,17,18,19). The first-order chi connectivity index (χ1) is 10.4. The van der Waals surface area contributed by atoms with Crippen LogP contribution >= 0.6 is 0 Å². The van der Waals surface area contributed by atoms with E-state index in [9.17, 15) is 0 Å². The lowest BCUT2D eigenvalue weighted by Gasteiger charge is -2.12. The van der Waals surface area contributed by atoms with Crippen LogP contribution in [-0.2, 0) is 4.74 Å². The molecule has 1 aromatic carbocycles. The molecule has 0 amide bonds. The fourth-order valence-electron chi connectivity index (χ4n) is 1.75. The smallest absolute Gasteiger partial charge is 0.191 e. The van der Waals surface area contributed by atoms with Crippen LogP contribution in [0.2, 0.25) is 0 Å². The Labute approximate surface area is 127 Å². The lowest BCUT2D eigenvalue weighted by Crippen LogP contribution is -2.39. The van der Waals surface area contributed by atoms with E-state index in [1.165, 1.54) is 0 Å². The summed E-state index contributed by atoms with van der Waals surface area (Å²) in [6, 6.07) is 9.90. The summed E-state index contributed by atoms with van der Waals surface area (Å²) < 4.78 is 10.9. The number of hydrogen-bond donors (Lipinski definition) is 2. The summed E-state index contributed by atoms with van der Waals surface area (Å²) in [5, 5.41) is 6.48. The molecule has 21 heavy (non-hydrogen) atoms. The van der Waals surface area contributed by atoms with E-state index in [1.807, 2.05) is 37.3 Å². The zero-order chi connectivity index (χ0) is 15.2. The quantitative estimate of drug-likeness (QED) is 0.394. The van der Waals surface area contributed by atoms with Crippen LogP contribution in [-0.4, -0.2) is 45.9 Å². The van der Waals surface area contributed by atoms with Gasteiger partial charge in [-0.1, -0.05) is 18.2 Å². The molecule has 0 fully saturated rings. The van der Waals surface area contributed by atoms with Gasteiger partial charge in [-0.2, -0.15) is 0 Å². The number of rotatable bonds is 10. The van der Waals surface area contributed by atoms with Gasteiger partial charge < -0.3 is 20.1 Å². The van der Waals surface area contributed by atoms with Crippen molar-refractivity contribution in [3.8, 4) is 5.75 Å². The van der Waals surface area contributed by atoms with E-state index in [0.717, 1.165) is 50.9 Å². The molecule has 1 rings (SSSR count). The number of nitrogens with zero attached hydrogens (tertiary/aromatic N) is 1. The molecule has 0 atom stereocenters. The second-order valence-corrected chi connectivity index (χ2v) is 4.49. The van der Waals surface area contributed by atoms with Gasteiger partial charge in [-0.3, -0.25) is 4.99 Å². The summed E-state index contributed by atoms with van der Waals surface area (Å²) in [6.45, 7) is 5.82. The average Bonchev–Trinajstić information content (AvgIpc) is 2.53. The molecular weight excluding hydrogens is 266 g/mol. The molecule has 0 bridgehead atoms. The van der Waals surface area contributed by atoms with Gasteiger partial charge in [0.1, 0.15) is 5.75 Å². The van der Waals surface area contributed by atoms with Crippen LogP contribution in [0.25, 0.3) is 0 Å². The molecule has 118 valence electrons. The van der Waals surface area contributed by atoms with Crippen molar-refractivity contribution in [1.29, 1.82) is 0 Å². The third kappa shape index (κ3) is 8.92. The minimum atomic E-state index is 0.697. The number of benzene rings is 1. The van der Waals surface area contributed by atoms with Crippen LogP contribution in [0.15, 0.2) is 35.3 Å². The van der Waals surface area contributed by atoms with Gasteiger partial charge in [0, 0.05) is 26.7 Å². The molecule has 0 saturated carbocycles. The van der Waals surface area contributed by atoms with E-state index in [0.29, 0.717) is 6.61 Å². The van der Waals surface area contributed by atoms with Crippen molar-refractivity contribution in [1.82, 2.24) is 10.6 Å². The number of aliphatic imine (C=N–C) groups is 1. The number of nitrogens with one attached hydrogen (secondary N) is 2. The van der Waals surface area contributed by atoms with Crippen molar-refractivity contribution in [3.05, 3.63) is 30.3 Å². The second-order valence-electron chi connectivity index (χ2n) is 4.49. The second kappa shape index (κ2) is 12.0. The Morgan fingerprint density at radius 3 is 2.52 bits per heavy atom. The zero-order valence-corrected chi connectivity index (χ0v) is 13.1. The Hall–Kier alpha value is -1.75. The van der Waals surface area contributed by atoms with E-state index in [4.69, 9.17) is 9.47 Å². The van der Waals surface area contributed by atoms with Gasteiger partial charge in [0.25, 0.3) is 0 Å². The van der Waals surface area contributed by atoms with Crippen molar-refractivity contribution < 1.29 is 9.47 Å². The highest BCUT2D eigenvalue weighted by molar-refractivity contribution is 5.79. The Morgan fingerprint density at radius 1 is 1.05 bits per heavy atom. The topological polar surface area (TPSA) is 54.9 Å². The molecule has 0 heterocycles. The molecule has 0 aliphatic carbocycles. The number of hydrogen-bond acceptors (Lipinski definition) is 3. The third-order valence-corrected chi connectivity index (χ3v) is 2.84. The maximum Gasteiger partial charge on any atom is 0.191 e. The van der Waals surface area contributed by atoms with Gasteiger partial charge in [-0.05, 0) is 31.9 Å². The fourth-order valence-corrected chi connectivity index (χ4v) is 1.75. The largest absolute Gasteiger partial charge is 0.494 e. The van der Waals surface area contributed by atoms with E-state index in [1.54, 1.807) is 7.05 Å². The third-order valence-electron chi connectivity index (χ3n) is 2.84. The molecule has 5 nitrogen and oxygen atoms in total. The monoisotopic (exact) mass is 293 g/mol. The first-order valence-corrected chi connectivity index (χ1v) is 7.57. The van der Waals surface area contributed by atoms with Gasteiger partial charge in [0.2, 0.25) is 0 Å². The van der Waals surface area contributed by atoms with Crippen molar-refractivity contribution in [2.45, 2.75) is 19.8 Å². The van der Waals surface area contributed by atoms with Crippen LogP contribution in [0.5, 0.6) is 5.75 Å². The molecular formula is C16H27N3O2. The highest BCUT2D eigenvalue weighted by atomic mass is 16.5. The highest BCUT2D eigenvalue weighted by Crippen LogP contribution is 2.08. The average molecular weight is 293 g/mol. The molecule has 0 aliphatic heterocycles. The molecule has 0 unspecified atom stereocenters. The van der Waals surface area contributed by atoms with E-state index in [2.05, 4.69) is 15.6 Å². The van der Waals surface area contributed by atoms with Crippen molar-refractivity contribution in [3.63, 3.8) is 0 Å². The molecule has 0 spiro atoms. The molecule has 0 aliphatic rings. The summed E-state index contributed by atoms with van der Waals surface area (Å²) >= 11 is 0. The Balaban J connectivity index is 1.99. The van der Waals surface area contributed by atoms with Crippen LogP contribution < -0.4 is 15.4 Å². The first kappa shape index (κ1) is 17.3. The Bertz CT molecular complexity index is 382. The minimum Gasteiger partial charge on any atom is -0.494 e. The van der Waals surface area contributed by atoms with E-state index in [-0.39, 0.29) is 0 Å². The normalized spacial score (nSPS) is 11.2. The Kier molecular flexibility index (Phi) is 9.91. The Morgan fingerprint density at radius 2 is 1.81 bits per heavy atom. The predicted octanol–water partition coefficient (Wildman–Crippen LogP) is 2.05. The number of ether oxygens (including phenoxy) is 2. The van der Waals surface area contributed by atoms with Crippen LogP contribution in [0, 0.1) is 0 Å². The number of unbranched alkanes of at least 4 members (excludes halogenated alkanes) is 1. The summed E-state index contributed by atoms with van der Waals surface area (Å²) in [5.74, 6) is 1.75. The van der Waals surface area contributed by atoms with Crippen LogP contribution in [0.4, 0.5) is 0 Å². The first-order valence-electron chi connectivity index (χ1n) is 7.57. The van der Waals surface area contributed by atoms with Crippen molar-refractivity contribution >= 4 is 5.96 Å². The molecule has 0 radical (unpaired) electrons. The van der Waals surface area contributed by atoms with Crippen molar-refractivity contribution in [2.75, 3.05) is 40.0 Å². The van der Waals surface area contributed by atoms with Crippen LogP contribution in [0.3, 0.4) is 0 Å². The zero-order valence-electron chi connectivity index (χ0n) is 13.1. The summed E-state index contributed by atoms with van der Waals surface area (Å²) in [6.07, 6.45) is 2.05. The van der Waals surface area contributed by atoms with Gasteiger partial charge >= 0.3 is 0 Å². The predicted molar refractivity (Wildman–Crippen MR) is 87.0 cm³/mol. The maximum absolute atomic E-state index is 5.64.